The van der Waals surface area contributed by atoms with Crippen LogP contribution in [0.15, 0.2) is 23.1 Å². The van der Waals surface area contributed by atoms with Crippen LogP contribution < -0.4 is 0 Å². The monoisotopic (exact) mass is 179 g/mol. The van der Waals surface area contributed by atoms with Crippen molar-refractivity contribution in [2.24, 2.45) is 0 Å². The molecule has 13 heavy (non-hydrogen) atoms. The van der Waals surface area contributed by atoms with Crippen molar-refractivity contribution in [2.75, 3.05) is 20.7 Å². The molecule has 0 aromatic heterocycles. The second-order valence-electron chi connectivity index (χ2n) is 3.83. The predicted molar refractivity (Wildman–Crippen MR) is 53.2 cm³/mol. The zero-order valence-electron chi connectivity index (χ0n) is 8.47. The maximum atomic E-state index is 5.29. The van der Waals surface area contributed by atoms with Crippen LogP contribution in [0.1, 0.15) is 25.7 Å². The summed E-state index contributed by atoms with van der Waals surface area (Å²) in [7, 11) is 3.95. The first kappa shape index (κ1) is 8.67. The Morgan fingerprint density at radius 3 is 3.08 bits per heavy atom. The largest absolute Gasteiger partial charge is 0.501 e. The molecule has 0 saturated carbocycles. The van der Waals surface area contributed by atoms with E-state index in [4.69, 9.17) is 4.74 Å². The van der Waals surface area contributed by atoms with Gasteiger partial charge in [-0.25, -0.2) is 0 Å². The van der Waals surface area contributed by atoms with Gasteiger partial charge in [0, 0.05) is 25.7 Å². The molecule has 1 heterocycles. The lowest BCUT2D eigenvalue weighted by Gasteiger charge is -2.33. The Morgan fingerprint density at radius 2 is 2.31 bits per heavy atom. The summed E-state index contributed by atoms with van der Waals surface area (Å²) < 4.78 is 5.29. The van der Waals surface area contributed by atoms with Crippen LogP contribution in [0.4, 0.5) is 0 Å². The number of hydrogen-bond donors (Lipinski definition) is 0. The highest BCUT2D eigenvalue weighted by Crippen LogP contribution is 2.32. The van der Waals surface area contributed by atoms with Crippen molar-refractivity contribution in [2.45, 2.75) is 25.7 Å². The van der Waals surface area contributed by atoms with Gasteiger partial charge in [-0.15, -0.1) is 0 Å². The third kappa shape index (κ3) is 1.58. The molecule has 1 aliphatic heterocycles. The van der Waals surface area contributed by atoms with Crippen molar-refractivity contribution in [3.05, 3.63) is 23.1 Å². The summed E-state index contributed by atoms with van der Waals surface area (Å²) in [6.07, 6.45) is 6.92. The van der Waals surface area contributed by atoms with Gasteiger partial charge in [-0.1, -0.05) is 0 Å². The highest BCUT2D eigenvalue weighted by atomic mass is 16.5. The van der Waals surface area contributed by atoms with Gasteiger partial charge in [0.05, 0.1) is 12.9 Å². The van der Waals surface area contributed by atoms with Gasteiger partial charge >= 0.3 is 0 Å². The Hall–Kier alpha value is -0.920. The fraction of sp³-hybridized carbons (Fsp3) is 0.636. The van der Waals surface area contributed by atoms with E-state index < -0.39 is 0 Å². The van der Waals surface area contributed by atoms with Gasteiger partial charge in [-0.3, -0.25) is 0 Å². The van der Waals surface area contributed by atoms with Crippen LogP contribution in [0.5, 0.6) is 0 Å². The Morgan fingerprint density at radius 1 is 1.46 bits per heavy atom. The molecule has 0 N–H and O–H groups in total. The Kier molecular flexibility index (Phi) is 2.30. The van der Waals surface area contributed by atoms with E-state index in [2.05, 4.69) is 18.0 Å². The summed E-state index contributed by atoms with van der Waals surface area (Å²) in [5.74, 6) is 1.13. The van der Waals surface area contributed by atoms with Gasteiger partial charge in [0.2, 0.25) is 0 Å². The summed E-state index contributed by atoms with van der Waals surface area (Å²) in [5, 5.41) is 0. The van der Waals surface area contributed by atoms with Crippen LogP contribution in [0, 0.1) is 0 Å². The lowest BCUT2D eigenvalue weighted by atomic mass is 9.93. The smallest absolute Gasteiger partial charge is 0.0977 e. The van der Waals surface area contributed by atoms with Crippen LogP contribution in [0.3, 0.4) is 0 Å². The van der Waals surface area contributed by atoms with Gasteiger partial charge < -0.3 is 9.64 Å². The summed E-state index contributed by atoms with van der Waals surface area (Å²) >= 11 is 0. The van der Waals surface area contributed by atoms with Crippen molar-refractivity contribution in [3.8, 4) is 0 Å². The summed E-state index contributed by atoms with van der Waals surface area (Å²) in [5.41, 5.74) is 3.13. The fourth-order valence-corrected chi connectivity index (χ4v) is 2.19. The van der Waals surface area contributed by atoms with Crippen LogP contribution in [0.25, 0.3) is 0 Å². The molecule has 2 aliphatic rings. The molecular formula is C11H17NO. The van der Waals surface area contributed by atoms with E-state index in [9.17, 15) is 0 Å². The number of allylic oxidation sites excluding steroid dienone is 2. The number of rotatable bonds is 1. The quantitative estimate of drug-likeness (QED) is 0.612. The molecule has 0 fully saturated rings. The van der Waals surface area contributed by atoms with Gasteiger partial charge in [0.15, 0.2) is 0 Å². The first-order valence-electron chi connectivity index (χ1n) is 4.96. The molecule has 0 aromatic carbocycles. The van der Waals surface area contributed by atoms with E-state index in [-0.39, 0.29) is 0 Å². The zero-order valence-corrected chi connectivity index (χ0v) is 8.47. The SMILES string of the molecule is COC1=CCC2=C(C1)N(C)CCC2. The fourth-order valence-electron chi connectivity index (χ4n) is 2.19. The van der Waals surface area contributed by atoms with Crippen molar-refractivity contribution in [1.29, 1.82) is 0 Å². The molecular weight excluding hydrogens is 162 g/mol. The molecule has 2 nitrogen and oxygen atoms in total. The first-order valence-corrected chi connectivity index (χ1v) is 4.96. The zero-order chi connectivity index (χ0) is 9.26. The van der Waals surface area contributed by atoms with Crippen molar-refractivity contribution in [1.82, 2.24) is 4.90 Å². The van der Waals surface area contributed by atoms with Crippen molar-refractivity contribution < 1.29 is 4.74 Å². The molecule has 72 valence electrons. The van der Waals surface area contributed by atoms with Gasteiger partial charge in [0.25, 0.3) is 0 Å². The Labute approximate surface area is 79.9 Å². The topological polar surface area (TPSA) is 12.5 Å². The van der Waals surface area contributed by atoms with Crippen molar-refractivity contribution in [3.63, 3.8) is 0 Å². The third-order valence-corrected chi connectivity index (χ3v) is 3.02. The van der Waals surface area contributed by atoms with E-state index in [1.807, 2.05) is 0 Å². The number of ether oxygens (including phenoxy) is 1. The molecule has 0 saturated heterocycles. The lowest BCUT2D eigenvalue weighted by Crippen LogP contribution is -2.26. The van der Waals surface area contributed by atoms with Crippen molar-refractivity contribution >= 4 is 0 Å². The minimum absolute atomic E-state index is 1.00. The minimum Gasteiger partial charge on any atom is -0.501 e. The van der Waals surface area contributed by atoms with E-state index in [1.54, 1.807) is 12.7 Å². The van der Waals surface area contributed by atoms with Gasteiger partial charge in [-0.2, -0.15) is 0 Å². The lowest BCUT2D eigenvalue weighted by molar-refractivity contribution is 0.260. The highest BCUT2D eigenvalue weighted by Gasteiger charge is 2.20. The predicted octanol–water partition coefficient (Wildman–Crippen LogP) is 2.29. The molecule has 2 rings (SSSR count). The second kappa shape index (κ2) is 3.44. The molecule has 0 radical (unpaired) electrons. The molecule has 1 aliphatic carbocycles. The Balaban J connectivity index is 2.16. The van der Waals surface area contributed by atoms with Gasteiger partial charge in [0.1, 0.15) is 0 Å². The summed E-state index contributed by atoms with van der Waals surface area (Å²) in [4.78, 5) is 2.38. The van der Waals surface area contributed by atoms with Crippen LogP contribution in [-0.4, -0.2) is 25.6 Å². The van der Waals surface area contributed by atoms with Crippen LogP contribution in [-0.2, 0) is 4.74 Å². The normalized spacial score (nSPS) is 22.6. The molecule has 0 unspecified atom stereocenters. The first-order chi connectivity index (χ1) is 6.31. The molecule has 0 spiro atoms. The maximum Gasteiger partial charge on any atom is 0.0977 e. The number of hydrogen-bond acceptors (Lipinski definition) is 2. The molecule has 0 amide bonds. The molecule has 2 heteroatoms. The van der Waals surface area contributed by atoms with Gasteiger partial charge in [-0.05, 0) is 30.9 Å². The van der Waals surface area contributed by atoms with E-state index in [1.165, 1.54) is 25.1 Å². The number of methoxy groups -OCH3 is 1. The minimum atomic E-state index is 1.00. The standard InChI is InChI=1S/C11H17NO/c1-12-7-3-4-9-5-6-10(13-2)8-11(9)12/h6H,3-5,7-8H2,1-2H3. The van der Waals surface area contributed by atoms with E-state index >= 15 is 0 Å². The van der Waals surface area contributed by atoms with Crippen LogP contribution >= 0.6 is 0 Å². The van der Waals surface area contributed by atoms with Crippen LogP contribution in [0.2, 0.25) is 0 Å². The number of nitrogens with zero attached hydrogens (tertiary/aromatic N) is 1. The maximum absolute atomic E-state index is 5.29. The molecule has 0 aromatic rings. The second-order valence-corrected chi connectivity index (χ2v) is 3.83. The third-order valence-electron chi connectivity index (χ3n) is 3.02. The summed E-state index contributed by atoms with van der Waals surface area (Å²) in [6.45, 7) is 1.20. The average Bonchev–Trinajstić information content (AvgIpc) is 2.18. The Bertz CT molecular complexity index is 265. The van der Waals surface area contributed by atoms with E-state index in [0.717, 1.165) is 18.6 Å². The highest BCUT2D eigenvalue weighted by molar-refractivity contribution is 5.27. The summed E-state index contributed by atoms with van der Waals surface area (Å²) in [6, 6.07) is 0. The van der Waals surface area contributed by atoms with E-state index in [0.29, 0.717) is 0 Å². The average molecular weight is 179 g/mol. The molecule has 0 atom stereocenters. The molecule has 0 bridgehead atoms.